The van der Waals surface area contributed by atoms with Crippen LogP contribution in [0, 0.1) is 5.92 Å². The summed E-state index contributed by atoms with van der Waals surface area (Å²) in [6.07, 6.45) is 3.49. The lowest BCUT2D eigenvalue weighted by molar-refractivity contribution is 0.102. The number of halogens is 1. The van der Waals surface area contributed by atoms with Crippen LogP contribution in [0.5, 0.6) is 0 Å². The first kappa shape index (κ1) is 22.4. The van der Waals surface area contributed by atoms with Crippen LogP contribution in [0.15, 0.2) is 67.0 Å². The number of para-hydroxylation sites is 2. The van der Waals surface area contributed by atoms with Gasteiger partial charge in [-0.2, -0.15) is 5.10 Å². The smallest absolute Gasteiger partial charge is 0.274 e. The normalized spacial score (nSPS) is 16.2. The summed E-state index contributed by atoms with van der Waals surface area (Å²) in [6, 6.07) is 17.5. The lowest BCUT2D eigenvalue weighted by atomic mass is 10.0. The van der Waals surface area contributed by atoms with E-state index in [0.717, 1.165) is 42.1 Å². The van der Waals surface area contributed by atoms with Gasteiger partial charge in [0.25, 0.3) is 5.91 Å². The minimum Gasteiger partial charge on any atom is -0.367 e. The predicted molar refractivity (Wildman–Crippen MR) is 137 cm³/mol. The van der Waals surface area contributed by atoms with Crippen LogP contribution in [0.1, 0.15) is 24.3 Å². The van der Waals surface area contributed by atoms with Crippen molar-refractivity contribution >= 4 is 34.5 Å². The van der Waals surface area contributed by atoms with E-state index in [-0.39, 0.29) is 5.91 Å². The van der Waals surface area contributed by atoms with Gasteiger partial charge in [0.2, 0.25) is 0 Å². The highest BCUT2D eigenvalue weighted by Crippen LogP contribution is 2.29. The Morgan fingerprint density at radius 3 is 2.85 bits per heavy atom. The predicted octanol–water partition coefficient (Wildman–Crippen LogP) is 4.74. The first-order valence-corrected chi connectivity index (χ1v) is 11.9. The fourth-order valence-electron chi connectivity index (χ4n) is 4.34. The number of piperazine rings is 1. The summed E-state index contributed by atoms with van der Waals surface area (Å²) in [7, 11) is 0. The summed E-state index contributed by atoms with van der Waals surface area (Å²) in [5.74, 6) is 0.272. The Kier molecular flexibility index (Phi) is 6.22. The molecule has 3 heterocycles. The molecule has 34 heavy (non-hydrogen) atoms. The van der Waals surface area contributed by atoms with E-state index < -0.39 is 0 Å². The van der Waals surface area contributed by atoms with Crippen molar-refractivity contribution < 1.29 is 4.79 Å². The van der Waals surface area contributed by atoms with Crippen LogP contribution < -0.4 is 15.5 Å². The van der Waals surface area contributed by atoms with E-state index in [1.54, 1.807) is 23.0 Å². The van der Waals surface area contributed by atoms with E-state index in [1.165, 1.54) is 0 Å². The number of anilines is 2. The SMILES string of the molecule is CC(C)C1CN(c2ccccc2NC(=O)c2ccn3ncc(-c4cccc(Cl)c4)c3n2)CCN1. The maximum atomic E-state index is 13.2. The Morgan fingerprint density at radius 1 is 1.18 bits per heavy atom. The van der Waals surface area contributed by atoms with E-state index in [2.05, 4.69) is 45.5 Å². The summed E-state index contributed by atoms with van der Waals surface area (Å²) >= 11 is 6.17. The van der Waals surface area contributed by atoms with E-state index in [9.17, 15) is 4.79 Å². The summed E-state index contributed by atoms with van der Waals surface area (Å²) in [4.78, 5) is 20.2. The maximum absolute atomic E-state index is 13.2. The van der Waals surface area contributed by atoms with Crippen molar-refractivity contribution in [2.45, 2.75) is 19.9 Å². The molecule has 1 fully saturated rings. The molecule has 1 atom stereocenters. The largest absolute Gasteiger partial charge is 0.367 e. The summed E-state index contributed by atoms with van der Waals surface area (Å²) in [5.41, 5.74) is 4.45. The van der Waals surface area contributed by atoms with Gasteiger partial charge in [-0.15, -0.1) is 0 Å². The van der Waals surface area contributed by atoms with Crippen LogP contribution in [0.4, 0.5) is 11.4 Å². The number of fused-ring (bicyclic) bond motifs is 1. The minimum atomic E-state index is -0.260. The average molecular weight is 475 g/mol. The van der Waals surface area contributed by atoms with Gasteiger partial charge in [0.15, 0.2) is 5.65 Å². The fraction of sp³-hybridized carbons (Fsp3) is 0.269. The van der Waals surface area contributed by atoms with E-state index in [1.807, 2.05) is 42.5 Å². The first-order chi connectivity index (χ1) is 16.5. The van der Waals surface area contributed by atoms with Gasteiger partial charge in [-0.05, 0) is 41.8 Å². The van der Waals surface area contributed by atoms with Gasteiger partial charge in [-0.25, -0.2) is 9.50 Å². The molecule has 2 aromatic heterocycles. The molecule has 5 rings (SSSR count). The number of nitrogens with zero attached hydrogens (tertiary/aromatic N) is 4. The minimum absolute atomic E-state index is 0.260. The number of rotatable bonds is 5. The third-order valence-electron chi connectivity index (χ3n) is 6.24. The molecule has 0 spiro atoms. The number of carbonyl (C=O) groups is 1. The summed E-state index contributed by atoms with van der Waals surface area (Å²) < 4.78 is 1.66. The zero-order chi connectivity index (χ0) is 23.7. The second kappa shape index (κ2) is 9.44. The Balaban J connectivity index is 1.42. The molecule has 2 N–H and O–H groups in total. The molecule has 0 saturated carbocycles. The monoisotopic (exact) mass is 474 g/mol. The summed E-state index contributed by atoms with van der Waals surface area (Å²) in [6.45, 7) is 7.15. The Labute approximate surface area is 203 Å². The fourth-order valence-corrected chi connectivity index (χ4v) is 4.53. The van der Waals surface area contributed by atoms with Gasteiger partial charge in [-0.1, -0.05) is 49.7 Å². The topological polar surface area (TPSA) is 74.6 Å². The third kappa shape index (κ3) is 4.49. The van der Waals surface area contributed by atoms with Crippen molar-refractivity contribution in [3.63, 3.8) is 0 Å². The first-order valence-electron chi connectivity index (χ1n) is 11.5. The van der Waals surface area contributed by atoms with Crippen LogP contribution in [0.3, 0.4) is 0 Å². The third-order valence-corrected chi connectivity index (χ3v) is 6.48. The van der Waals surface area contributed by atoms with Crippen molar-refractivity contribution in [3.8, 4) is 11.1 Å². The Morgan fingerprint density at radius 2 is 2.03 bits per heavy atom. The zero-order valence-electron chi connectivity index (χ0n) is 19.2. The van der Waals surface area contributed by atoms with E-state index >= 15 is 0 Å². The molecular formula is C26H27ClN6O. The van der Waals surface area contributed by atoms with Crippen LogP contribution in [-0.4, -0.2) is 46.2 Å². The zero-order valence-corrected chi connectivity index (χ0v) is 20.0. The van der Waals surface area contributed by atoms with Crippen molar-refractivity contribution in [1.82, 2.24) is 19.9 Å². The molecule has 0 aliphatic carbocycles. The molecule has 1 aliphatic rings. The molecule has 1 saturated heterocycles. The molecular weight excluding hydrogens is 448 g/mol. The van der Waals surface area contributed by atoms with Gasteiger partial charge in [-0.3, -0.25) is 4.79 Å². The van der Waals surface area contributed by atoms with Gasteiger partial charge in [0.05, 0.1) is 17.6 Å². The molecule has 2 aromatic carbocycles. The second-order valence-corrected chi connectivity index (χ2v) is 9.31. The van der Waals surface area contributed by atoms with Crippen molar-refractivity contribution in [3.05, 3.63) is 77.7 Å². The maximum Gasteiger partial charge on any atom is 0.274 e. The van der Waals surface area contributed by atoms with E-state index in [4.69, 9.17) is 11.6 Å². The van der Waals surface area contributed by atoms with Gasteiger partial charge >= 0.3 is 0 Å². The van der Waals surface area contributed by atoms with Crippen LogP contribution in [0.25, 0.3) is 16.8 Å². The molecule has 1 amide bonds. The van der Waals surface area contributed by atoms with Gasteiger partial charge in [0.1, 0.15) is 5.69 Å². The molecule has 0 bridgehead atoms. The number of nitrogens with one attached hydrogen (secondary N) is 2. The van der Waals surface area contributed by atoms with Crippen molar-refractivity contribution in [2.75, 3.05) is 29.9 Å². The lowest BCUT2D eigenvalue weighted by Crippen LogP contribution is -2.53. The Bertz CT molecular complexity index is 1330. The number of hydrogen-bond acceptors (Lipinski definition) is 5. The molecule has 1 aliphatic heterocycles. The molecule has 0 radical (unpaired) electrons. The molecule has 4 aromatic rings. The average Bonchev–Trinajstić information content (AvgIpc) is 3.28. The quantitative estimate of drug-likeness (QED) is 0.437. The number of carbonyl (C=O) groups excluding carboxylic acids is 1. The highest BCUT2D eigenvalue weighted by Gasteiger charge is 2.24. The lowest BCUT2D eigenvalue weighted by Gasteiger charge is -2.38. The summed E-state index contributed by atoms with van der Waals surface area (Å²) in [5, 5.41) is 11.7. The van der Waals surface area contributed by atoms with Gasteiger partial charge in [0, 0.05) is 42.5 Å². The number of benzene rings is 2. The second-order valence-electron chi connectivity index (χ2n) is 8.87. The molecule has 1 unspecified atom stereocenters. The molecule has 8 heteroatoms. The molecule has 174 valence electrons. The van der Waals surface area contributed by atoms with Crippen molar-refractivity contribution in [2.24, 2.45) is 5.92 Å². The number of hydrogen-bond donors (Lipinski definition) is 2. The standard InChI is InChI=1S/C26H27ClN6O/c1-17(2)23-16-32(13-11-28-23)24-9-4-3-8-21(24)31-26(34)22-10-12-33-25(30-22)20(15-29-33)18-6-5-7-19(27)14-18/h3-10,12,14-15,17,23,28H,11,13,16H2,1-2H3,(H,31,34). The number of aromatic nitrogens is 3. The Hall–Kier alpha value is -3.42. The highest BCUT2D eigenvalue weighted by molar-refractivity contribution is 6.30. The van der Waals surface area contributed by atoms with Crippen molar-refractivity contribution in [1.29, 1.82) is 0 Å². The van der Waals surface area contributed by atoms with Gasteiger partial charge < -0.3 is 15.5 Å². The highest BCUT2D eigenvalue weighted by atomic mass is 35.5. The van der Waals surface area contributed by atoms with Crippen LogP contribution in [-0.2, 0) is 0 Å². The van der Waals surface area contributed by atoms with Crippen LogP contribution >= 0.6 is 11.6 Å². The van der Waals surface area contributed by atoms with E-state index in [0.29, 0.717) is 28.3 Å². The molecule has 7 nitrogen and oxygen atoms in total. The van der Waals surface area contributed by atoms with Crippen LogP contribution in [0.2, 0.25) is 5.02 Å². The number of amides is 1.